The van der Waals surface area contributed by atoms with Crippen molar-refractivity contribution in [1.29, 1.82) is 0 Å². The van der Waals surface area contributed by atoms with Crippen molar-refractivity contribution in [1.82, 2.24) is 0 Å². The van der Waals surface area contributed by atoms with Crippen LogP contribution < -0.4 is 0 Å². The molecule has 0 bridgehead atoms. The highest BCUT2D eigenvalue weighted by atomic mass is 16.7. The van der Waals surface area contributed by atoms with Crippen molar-refractivity contribution < 1.29 is 33.6 Å². The predicted octanol–water partition coefficient (Wildman–Crippen LogP) is 3.32. The third-order valence-electron chi connectivity index (χ3n) is 8.76. The fourth-order valence-corrected chi connectivity index (χ4v) is 7.80. The molecule has 0 radical (unpaired) electrons. The van der Waals surface area contributed by atoms with Crippen molar-refractivity contribution in [3.8, 4) is 0 Å². The summed E-state index contributed by atoms with van der Waals surface area (Å²) in [7, 11) is 0. The van der Waals surface area contributed by atoms with Crippen molar-refractivity contribution in [2.75, 3.05) is 0 Å². The van der Waals surface area contributed by atoms with Gasteiger partial charge in [0.15, 0.2) is 23.3 Å². The zero-order chi connectivity index (χ0) is 24.1. The molecule has 180 valence electrons. The van der Waals surface area contributed by atoms with Gasteiger partial charge in [-0.2, -0.15) is 0 Å². The maximum absolute atomic E-state index is 14.3. The van der Waals surface area contributed by atoms with Crippen LogP contribution in [0.2, 0.25) is 0 Å². The van der Waals surface area contributed by atoms with E-state index in [1.807, 2.05) is 6.92 Å². The summed E-state index contributed by atoms with van der Waals surface area (Å²) in [6, 6.07) is 0. The maximum Gasteiger partial charge on any atom is 0.303 e. The Balaban J connectivity index is 2.07. The summed E-state index contributed by atoms with van der Waals surface area (Å²) in [4.78, 5) is 26.5. The van der Waals surface area contributed by atoms with Gasteiger partial charge in [0.05, 0.1) is 17.8 Å². The van der Waals surface area contributed by atoms with Gasteiger partial charge in [-0.05, 0) is 46.0 Å². The Labute approximate surface area is 190 Å². The molecule has 0 aromatic rings. The molecule has 4 fully saturated rings. The summed E-state index contributed by atoms with van der Waals surface area (Å²) in [6.45, 7) is 18.5. The van der Waals surface area contributed by atoms with Crippen LogP contribution in [-0.2, 0) is 28.5 Å². The molecule has 0 aromatic heterocycles. The first-order valence-corrected chi connectivity index (χ1v) is 11.6. The smallest absolute Gasteiger partial charge is 0.303 e. The number of ether oxygens (including phenoxy) is 4. The number of ketones is 1. The number of aliphatic hydroxyl groups is 1. The normalized spacial score (nSPS) is 51.2. The highest BCUT2D eigenvalue weighted by Crippen LogP contribution is 2.71. The summed E-state index contributed by atoms with van der Waals surface area (Å²) in [5, 5.41) is 11.8. The highest BCUT2D eigenvalue weighted by Gasteiger charge is 2.84. The summed E-state index contributed by atoms with van der Waals surface area (Å²) in [5.41, 5.74) is -5.21. The largest absolute Gasteiger partial charge is 0.457 e. The Bertz CT molecular complexity index is 864. The van der Waals surface area contributed by atoms with E-state index in [0.29, 0.717) is 0 Å². The van der Waals surface area contributed by atoms with E-state index >= 15 is 0 Å². The van der Waals surface area contributed by atoms with Gasteiger partial charge in [0, 0.05) is 24.7 Å². The molecule has 7 heteroatoms. The van der Waals surface area contributed by atoms with Gasteiger partial charge in [-0.3, -0.25) is 9.59 Å². The van der Waals surface area contributed by atoms with E-state index in [1.165, 1.54) is 6.92 Å². The zero-order valence-electron chi connectivity index (χ0n) is 20.6. The zero-order valence-corrected chi connectivity index (χ0v) is 20.6. The molecular formula is C25H38O7. The third kappa shape index (κ3) is 2.74. The van der Waals surface area contributed by atoms with Crippen LogP contribution in [0.4, 0.5) is 0 Å². The molecule has 0 unspecified atom stereocenters. The second-order valence-electron chi connectivity index (χ2n) is 11.9. The maximum atomic E-state index is 14.3. The number of carbonyl (C=O) groups is 2. The van der Waals surface area contributed by atoms with E-state index in [4.69, 9.17) is 18.9 Å². The second-order valence-corrected chi connectivity index (χ2v) is 11.9. The number of rotatable bonds is 2. The summed E-state index contributed by atoms with van der Waals surface area (Å²) in [5.74, 6) is -2.18. The van der Waals surface area contributed by atoms with Gasteiger partial charge in [-0.1, -0.05) is 26.8 Å². The van der Waals surface area contributed by atoms with E-state index in [1.54, 1.807) is 33.8 Å². The molecule has 8 atom stereocenters. The second kappa shape index (κ2) is 6.65. The SMILES string of the molecule is C=C[C@@]1(C)CC(=O)[C@@]23OC(C)(C)O[C@H]4CCC(C)(C)[C@H]([C@H](O)[C@H](OC(C)=O)[C@@]2(C)O1)[C@]43C. The lowest BCUT2D eigenvalue weighted by atomic mass is 9.39. The number of hydrogen-bond donors (Lipinski definition) is 1. The quantitative estimate of drug-likeness (QED) is 0.510. The van der Waals surface area contributed by atoms with Gasteiger partial charge >= 0.3 is 5.97 Å². The minimum Gasteiger partial charge on any atom is -0.457 e. The van der Waals surface area contributed by atoms with Crippen molar-refractivity contribution >= 4 is 11.8 Å². The Morgan fingerprint density at radius 1 is 1.16 bits per heavy atom. The number of hydrogen-bond acceptors (Lipinski definition) is 7. The van der Waals surface area contributed by atoms with Crippen molar-refractivity contribution in [2.24, 2.45) is 16.7 Å². The summed E-state index contributed by atoms with van der Waals surface area (Å²) < 4.78 is 25.6. The molecule has 0 aromatic carbocycles. The third-order valence-corrected chi connectivity index (χ3v) is 8.76. The van der Waals surface area contributed by atoms with Crippen molar-refractivity contribution in [3.63, 3.8) is 0 Å². The topological polar surface area (TPSA) is 91.3 Å². The van der Waals surface area contributed by atoms with Gasteiger partial charge in [0.1, 0.15) is 5.60 Å². The van der Waals surface area contributed by atoms with Crippen LogP contribution in [0.3, 0.4) is 0 Å². The number of aliphatic hydroxyl groups excluding tert-OH is 1. The summed E-state index contributed by atoms with van der Waals surface area (Å²) in [6.07, 6.45) is 0.673. The van der Waals surface area contributed by atoms with Crippen LogP contribution in [0.15, 0.2) is 12.7 Å². The highest BCUT2D eigenvalue weighted by molar-refractivity contribution is 5.93. The van der Waals surface area contributed by atoms with E-state index in [2.05, 4.69) is 20.4 Å². The van der Waals surface area contributed by atoms with E-state index in [9.17, 15) is 14.7 Å². The molecule has 0 amide bonds. The lowest BCUT2D eigenvalue weighted by molar-refractivity contribution is -0.463. The first-order valence-electron chi connectivity index (χ1n) is 11.6. The monoisotopic (exact) mass is 450 g/mol. The minimum atomic E-state index is -1.49. The van der Waals surface area contributed by atoms with Crippen molar-refractivity contribution in [3.05, 3.63) is 12.7 Å². The van der Waals surface area contributed by atoms with Gasteiger partial charge < -0.3 is 24.1 Å². The number of esters is 1. The predicted molar refractivity (Wildman–Crippen MR) is 117 cm³/mol. The first kappa shape index (κ1) is 23.9. The number of Topliss-reactive ketones (excluding diaryl/α,β-unsaturated/α-hetero) is 1. The number of carbonyl (C=O) groups excluding carboxylic acids is 2. The molecule has 2 saturated heterocycles. The summed E-state index contributed by atoms with van der Waals surface area (Å²) >= 11 is 0. The van der Waals surface area contributed by atoms with Gasteiger partial charge in [-0.15, -0.1) is 6.58 Å². The molecule has 1 spiro atoms. The van der Waals surface area contributed by atoms with Crippen LogP contribution in [-0.4, -0.2) is 57.8 Å². The van der Waals surface area contributed by atoms with Crippen molar-refractivity contribution in [2.45, 2.75) is 116 Å². The molecule has 1 N–H and O–H groups in total. The lowest BCUT2D eigenvalue weighted by Crippen LogP contribution is -2.90. The minimum absolute atomic E-state index is 0.0700. The van der Waals surface area contributed by atoms with Crippen LogP contribution in [0, 0.1) is 16.7 Å². The Morgan fingerprint density at radius 3 is 2.34 bits per heavy atom. The van der Waals surface area contributed by atoms with E-state index in [-0.39, 0.29) is 23.7 Å². The standard InChI is InChI=1S/C25H38O7/c1-10-22(7)13-15(27)25-23(8)16(30-21(5,6)31-25)11-12-20(3,4)18(23)17(28)19(29-14(2)26)24(25,9)32-22/h10,16-19,28H,1,11-13H2,2-9H3/t16-,17-,18-,19-,22-,23-,24+,25-/m0/s1. The van der Waals surface area contributed by atoms with Crippen LogP contribution in [0.5, 0.6) is 0 Å². The fourth-order valence-electron chi connectivity index (χ4n) is 7.80. The molecule has 2 aliphatic heterocycles. The molecular weight excluding hydrogens is 412 g/mol. The van der Waals surface area contributed by atoms with Crippen LogP contribution in [0.25, 0.3) is 0 Å². The first-order chi connectivity index (χ1) is 14.5. The average Bonchev–Trinajstić information content (AvgIpc) is 2.63. The van der Waals surface area contributed by atoms with Crippen LogP contribution in [0.1, 0.15) is 74.7 Å². The molecule has 4 aliphatic rings. The Morgan fingerprint density at radius 2 is 1.78 bits per heavy atom. The van der Waals surface area contributed by atoms with E-state index < -0.39 is 52.1 Å². The molecule has 2 saturated carbocycles. The molecule has 7 nitrogen and oxygen atoms in total. The van der Waals surface area contributed by atoms with E-state index in [0.717, 1.165) is 12.8 Å². The van der Waals surface area contributed by atoms with Gasteiger partial charge in [0.2, 0.25) is 0 Å². The fraction of sp³-hybridized carbons (Fsp3) is 0.840. The molecule has 2 aliphatic carbocycles. The molecule has 32 heavy (non-hydrogen) atoms. The molecule has 4 rings (SSSR count). The Hall–Kier alpha value is -1.28. The lowest BCUT2D eigenvalue weighted by Gasteiger charge is -2.75. The molecule has 2 heterocycles. The Kier molecular flexibility index (Phi) is 4.96. The van der Waals surface area contributed by atoms with Gasteiger partial charge in [0.25, 0.3) is 0 Å². The van der Waals surface area contributed by atoms with Crippen LogP contribution >= 0.6 is 0 Å². The average molecular weight is 451 g/mol. The van der Waals surface area contributed by atoms with Gasteiger partial charge in [-0.25, -0.2) is 0 Å².